The van der Waals surface area contributed by atoms with Crippen molar-refractivity contribution in [3.8, 4) is 0 Å². The Balaban J connectivity index is 2.64. The van der Waals surface area contributed by atoms with Crippen LogP contribution in [0.1, 0.15) is 17.4 Å². The second-order valence-electron chi connectivity index (χ2n) is 2.57. The molecule has 0 aromatic carbocycles. The van der Waals surface area contributed by atoms with Crippen LogP contribution in [-0.2, 0) is 0 Å². The van der Waals surface area contributed by atoms with E-state index in [1.165, 1.54) is 0 Å². The number of aromatic nitrogens is 1. The molecule has 1 aromatic rings. The van der Waals surface area contributed by atoms with Crippen LogP contribution in [0.15, 0.2) is 10.7 Å². The highest BCUT2D eigenvalue weighted by atomic mass is 16.4. The molecule has 1 atom stereocenters. The summed E-state index contributed by atoms with van der Waals surface area (Å²) in [6.07, 6.45) is 1.04. The molecule has 72 valence electrons. The maximum atomic E-state index is 10.4. The Morgan fingerprint density at radius 3 is 3.00 bits per heavy atom. The number of aliphatic hydroxyl groups excluding tert-OH is 1. The molecule has 0 saturated heterocycles. The molecule has 1 unspecified atom stereocenters. The normalized spacial score (nSPS) is 12.5. The van der Waals surface area contributed by atoms with Crippen molar-refractivity contribution in [2.24, 2.45) is 0 Å². The predicted molar refractivity (Wildman–Crippen MR) is 43.6 cm³/mol. The first-order valence-corrected chi connectivity index (χ1v) is 3.69. The third kappa shape index (κ3) is 2.45. The fourth-order valence-corrected chi connectivity index (χ4v) is 0.695. The van der Waals surface area contributed by atoms with Gasteiger partial charge < -0.3 is 19.9 Å². The second-order valence-corrected chi connectivity index (χ2v) is 2.57. The molecule has 0 bridgehead atoms. The van der Waals surface area contributed by atoms with Gasteiger partial charge in [-0.15, -0.1) is 0 Å². The Hall–Kier alpha value is -1.56. The number of oxazole rings is 1. The quantitative estimate of drug-likeness (QED) is 0.620. The monoisotopic (exact) mass is 186 g/mol. The van der Waals surface area contributed by atoms with E-state index in [1.807, 2.05) is 0 Å². The van der Waals surface area contributed by atoms with E-state index in [0.717, 1.165) is 6.26 Å². The summed E-state index contributed by atoms with van der Waals surface area (Å²) in [5.74, 6) is -1.14. The smallest absolute Gasteiger partial charge is 0.357 e. The number of rotatable bonds is 4. The van der Waals surface area contributed by atoms with Gasteiger partial charge in [-0.05, 0) is 6.92 Å². The molecule has 13 heavy (non-hydrogen) atoms. The minimum atomic E-state index is -1.14. The summed E-state index contributed by atoms with van der Waals surface area (Å²) in [6, 6.07) is -0.126. The van der Waals surface area contributed by atoms with Crippen LogP contribution >= 0.6 is 0 Å². The minimum Gasteiger partial charge on any atom is -0.476 e. The molecule has 0 saturated carbocycles. The van der Waals surface area contributed by atoms with E-state index in [2.05, 4.69) is 10.3 Å². The van der Waals surface area contributed by atoms with Crippen LogP contribution in [0.4, 0.5) is 6.01 Å². The van der Waals surface area contributed by atoms with Gasteiger partial charge in [0.25, 0.3) is 6.01 Å². The van der Waals surface area contributed by atoms with E-state index >= 15 is 0 Å². The summed E-state index contributed by atoms with van der Waals surface area (Å²) in [7, 11) is 0. The summed E-state index contributed by atoms with van der Waals surface area (Å²) < 4.78 is 4.78. The molecule has 0 fully saturated rings. The Kier molecular flexibility index (Phi) is 2.86. The lowest BCUT2D eigenvalue weighted by Crippen LogP contribution is -2.19. The highest BCUT2D eigenvalue weighted by Gasteiger charge is 2.11. The van der Waals surface area contributed by atoms with Crippen LogP contribution in [0.5, 0.6) is 0 Å². The Bertz CT molecular complexity index is 296. The highest BCUT2D eigenvalue weighted by Crippen LogP contribution is 2.08. The first-order chi connectivity index (χ1) is 6.13. The Morgan fingerprint density at radius 2 is 2.54 bits per heavy atom. The van der Waals surface area contributed by atoms with Gasteiger partial charge in [-0.2, -0.15) is 4.98 Å². The molecule has 0 aliphatic rings. The zero-order valence-corrected chi connectivity index (χ0v) is 7.02. The van der Waals surface area contributed by atoms with E-state index in [4.69, 9.17) is 14.6 Å². The summed E-state index contributed by atoms with van der Waals surface area (Å²) in [4.78, 5) is 14.0. The third-order valence-electron chi connectivity index (χ3n) is 1.37. The number of nitrogens with zero attached hydrogens (tertiary/aromatic N) is 1. The number of anilines is 1. The number of hydrogen-bond acceptors (Lipinski definition) is 5. The average molecular weight is 186 g/mol. The molecule has 0 spiro atoms. The zero-order valence-electron chi connectivity index (χ0n) is 7.02. The van der Waals surface area contributed by atoms with E-state index in [9.17, 15) is 4.79 Å². The third-order valence-corrected chi connectivity index (χ3v) is 1.37. The number of carboxylic acid groups (broad SMARTS) is 1. The molecule has 3 N–H and O–H groups in total. The van der Waals surface area contributed by atoms with Crippen LogP contribution in [0.25, 0.3) is 0 Å². The second kappa shape index (κ2) is 3.90. The molecule has 1 rings (SSSR count). The number of carboxylic acids is 1. The van der Waals surface area contributed by atoms with Gasteiger partial charge in [-0.3, -0.25) is 0 Å². The number of aliphatic hydroxyl groups is 1. The van der Waals surface area contributed by atoms with Gasteiger partial charge in [0.05, 0.1) is 12.6 Å². The zero-order chi connectivity index (χ0) is 9.84. The lowest BCUT2D eigenvalue weighted by molar-refractivity contribution is 0.0690. The molecule has 0 amide bonds. The van der Waals surface area contributed by atoms with Gasteiger partial charge in [0.1, 0.15) is 6.26 Å². The highest BCUT2D eigenvalue weighted by molar-refractivity contribution is 5.85. The van der Waals surface area contributed by atoms with E-state index in [-0.39, 0.29) is 24.4 Å². The lowest BCUT2D eigenvalue weighted by atomic mass is 10.4. The van der Waals surface area contributed by atoms with Crippen molar-refractivity contribution in [3.05, 3.63) is 12.0 Å². The van der Waals surface area contributed by atoms with Gasteiger partial charge in [0.15, 0.2) is 5.69 Å². The standard InChI is InChI=1S/C7H10N2O4/c1-4(2-10)8-7-9-5(3-13-7)6(11)12/h3-4,10H,2H2,1H3,(H,8,9)(H,11,12). The fourth-order valence-electron chi connectivity index (χ4n) is 0.695. The van der Waals surface area contributed by atoms with E-state index < -0.39 is 5.97 Å². The summed E-state index contributed by atoms with van der Waals surface area (Å²) in [5.41, 5.74) is -0.160. The molecule has 6 nitrogen and oxygen atoms in total. The van der Waals surface area contributed by atoms with Crippen molar-refractivity contribution < 1.29 is 19.4 Å². The van der Waals surface area contributed by atoms with Crippen LogP contribution in [0.3, 0.4) is 0 Å². The molecular weight excluding hydrogens is 176 g/mol. The first-order valence-electron chi connectivity index (χ1n) is 3.69. The van der Waals surface area contributed by atoms with Crippen LogP contribution < -0.4 is 5.32 Å². The largest absolute Gasteiger partial charge is 0.476 e. The van der Waals surface area contributed by atoms with Gasteiger partial charge in [-0.25, -0.2) is 4.79 Å². The number of nitrogens with one attached hydrogen (secondary N) is 1. The van der Waals surface area contributed by atoms with Crippen LogP contribution in [0, 0.1) is 0 Å². The SMILES string of the molecule is CC(CO)Nc1nc(C(=O)O)co1. The first kappa shape index (κ1) is 9.53. The molecular formula is C7H10N2O4. The van der Waals surface area contributed by atoms with Gasteiger partial charge in [-0.1, -0.05) is 0 Å². The Labute approximate surface area is 74.2 Å². The molecule has 6 heteroatoms. The molecule has 1 aromatic heterocycles. The Morgan fingerprint density at radius 1 is 1.85 bits per heavy atom. The van der Waals surface area contributed by atoms with Crippen molar-refractivity contribution in [1.82, 2.24) is 4.98 Å². The fraction of sp³-hybridized carbons (Fsp3) is 0.429. The minimum absolute atomic E-state index is 0.0786. The predicted octanol–water partition coefficient (Wildman–Crippen LogP) is 0.165. The maximum Gasteiger partial charge on any atom is 0.357 e. The average Bonchev–Trinajstić information content (AvgIpc) is 2.52. The van der Waals surface area contributed by atoms with Crippen molar-refractivity contribution >= 4 is 12.0 Å². The summed E-state index contributed by atoms with van der Waals surface area (Å²) in [5, 5.41) is 19.8. The van der Waals surface area contributed by atoms with Crippen molar-refractivity contribution in [1.29, 1.82) is 0 Å². The van der Waals surface area contributed by atoms with Gasteiger partial charge >= 0.3 is 5.97 Å². The van der Waals surface area contributed by atoms with Crippen molar-refractivity contribution in [2.75, 3.05) is 11.9 Å². The van der Waals surface area contributed by atoms with E-state index in [0.29, 0.717) is 0 Å². The van der Waals surface area contributed by atoms with Crippen molar-refractivity contribution in [3.63, 3.8) is 0 Å². The van der Waals surface area contributed by atoms with Gasteiger partial charge in [0, 0.05) is 0 Å². The van der Waals surface area contributed by atoms with Crippen molar-refractivity contribution in [2.45, 2.75) is 13.0 Å². The number of aromatic carboxylic acids is 1. The molecule has 0 radical (unpaired) electrons. The summed E-state index contributed by atoms with van der Waals surface area (Å²) in [6.45, 7) is 1.63. The summed E-state index contributed by atoms with van der Waals surface area (Å²) >= 11 is 0. The lowest BCUT2D eigenvalue weighted by Gasteiger charge is -2.06. The number of hydrogen-bond donors (Lipinski definition) is 3. The van der Waals surface area contributed by atoms with Crippen LogP contribution in [0.2, 0.25) is 0 Å². The van der Waals surface area contributed by atoms with Gasteiger partial charge in [0.2, 0.25) is 0 Å². The van der Waals surface area contributed by atoms with Crippen LogP contribution in [-0.4, -0.2) is 33.8 Å². The van der Waals surface area contributed by atoms with E-state index in [1.54, 1.807) is 6.92 Å². The number of carbonyl (C=O) groups is 1. The molecule has 0 aliphatic carbocycles. The molecule has 0 aliphatic heterocycles. The topological polar surface area (TPSA) is 95.6 Å². The maximum absolute atomic E-state index is 10.4. The molecule has 1 heterocycles.